The summed E-state index contributed by atoms with van der Waals surface area (Å²) in [5.41, 5.74) is 5.97. The van der Waals surface area contributed by atoms with Crippen molar-refractivity contribution in [3.05, 3.63) is 60.2 Å². The molecule has 126 valence electrons. The quantitative estimate of drug-likeness (QED) is 0.938. The van der Waals surface area contributed by atoms with Crippen LogP contribution in [0.1, 0.15) is 18.4 Å². The monoisotopic (exact) mass is 326 g/mol. The molecule has 2 aromatic carbocycles. The molecule has 0 atom stereocenters. The molecule has 0 bridgehead atoms. The maximum atomic E-state index is 11.4. The molecule has 0 unspecified atom stereocenters. The summed E-state index contributed by atoms with van der Waals surface area (Å²) in [6.07, 6.45) is 1.36. The van der Waals surface area contributed by atoms with E-state index in [0.717, 1.165) is 17.1 Å². The number of para-hydroxylation sites is 1. The molecule has 0 radical (unpaired) electrons. The van der Waals surface area contributed by atoms with E-state index in [4.69, 9.17) is 15.2 Å². The maximum absolute atomic E-state index is 11.4. The number of carbonyl (C=O) groups is 1. The molecule has 1 aliphatic rings. The first-order valence-electron chi connectivity index (χ1n) is 8.06. The van der Waals surface area contributed by atoms with Gasteiger partial charge in [-0.1, -0.05) is 30.3 Å². The molecular weight excluding hydrogens is 304 g/mol. The normalized spacial score (nSPS) is 16.5. The average molecular weight is 326 g/mol. The van der Waals surface area contributed by atoms with E-state index in [0.29, 0.717) is 25.9 Å². The Hall–Kier alpha value is -2.69. The van der Waals surface area contributed by atoms with E-state index in [2.05, 4.69) is 0 Å². The SMILES string of the molecule is COc1cccc(C2(Oc3ccccc3)CCN(C(N)=O)CC2)c1. The van der Waals surface area contributed by atoms with Crippen molar-refractivity contribution < 1.29 is 14.3 Å². The van der Waals surface area contributed by atoms with Crippen LogP contribution in [0, 0.1) is 0 Å². The van der Waals surface area contributed by atoms with Crippen LogP contribution >= 0.6 is 0 Å². The number of likely N-dealkylation sites (tertiary alicyclic amines) is 1. The van der Waals surface area contributed by atoms with Gasteiger partial charge in [-0.05, 0) is 29.8 Å². The van der Waals surface area contributed by atoms with Gasteiger partial charge in [-0.25, -0.2) is 4.79 Å². The number of nitrogens with two attached hydrogens (primary N) is 1. The second kappa shape index (κ2) is 6.83. The summed E-state index contributed by atoms with van der Waals surface area (Å²) < 4.78 is 11.8. The number of methoxy groups -OCH3 is 1. The van der Waals surface area contributed by atoms with Crippen molar-refractivity contribution in [2.45, 2.75) is 18.4 Å². The van der Waals surface area contributed by atoms with Crippen LogP contribution in [0.25, 0.3) is 0 Å². The summed E-state index contributed by atoms with van der Waals surface area (Å²) in [6.45, 7) is 1.14. The number of urea groups is 1. The molecule has 0 aliphatic carbocycles. The first-order chi connectivity index (χ1) is 11.6. The third-order valence-electron chi connectivity index (χ3n) is 4.54. The molecule has 2 amide bonds. The van der Waals surface area contributed by atoms with Crippen LogP contribution in [0.15, 0.2) is 54.6 Å². The Bertz CT molecular complexity index is 695. The van der Waals surface area contributed by atoms with Gasteiger partial charge >= 0.3 is 6.03 Å². The molecule has 1 aliphatic heterocycles. The highest BCUT2D eigenvalue weighted by molar-refractivity contribution is 5.72. The van der Waals surface area contributed by atoms with Crippen molar-refractivity contribution in [2.24, 2.45) is 5.73 Å². The van der Waals surface area contributed by atoms with Gasteiger partial charge in [-0.3, -0.25) is 0 Å². The molecule has 1 heterocycles. The fourth-order valence-electron chi connectivity index (χ4n) is 3.16. The largest absolute Gasteiger partial charge is 0.497 e. The fourth-order valence-corrected chi connectivity index (χ4v) is 3.16. The highest BCUT2D eigenvalue weighted by Crippen LogP contribution is 2.39. The van der Waals surface area contributed by atoms with Crippen molar-refractivity contribution in [1.29, 1.82) is 0 Å². The summed E-state index contributed by atoms with van der Waals surface area (Å²) in [5, 5.41) is 0. The molecule has 5 nitrogen and oxygen atoms in total. The smallest absolute Gasteiger partial charge is 0.314 e. The summed E-state index contributed by atoms with van der Waals surface area (Å²) in [6, 6.07) is 17.3. The summed E-state index contributed by atoms with van der Waals surface area (Å²) in [5.74, 6) is 1.61. The number of ether oxygens (including phenoxy) is 2. The van der Waals surface area contributed by atoms with E-state index in [1.54, 1.807) is 12.0 Å². The molecule has 24 heavy (non-hydrogen) atoms. The third kappa shape index (κ3) is 3.30. The van der Waals surface area contributed by atoms with Gasteiger partial charge in [0.05, 0.1) is 7.11 Å². The molecule has 0 aromatic heterocycles. The first-order valence-corrected chi connectivity index (χ1v) is 8.06. The number of rotatable bonds is 4. The molecule has 0 spiro atoms. The lowest BCUT2D eigenvalue weighted by Gasteiger charge is -2.41. The van der Waals surface area contributed by atoms with Crippen molar-refractivity contribution in [3.8, 4) is 11.5 Å². The lowest BCUT2D eigenvalue weighted by atomic mass is 9.84. The maximum Gasteiger partial charge on any atom is 0.314 e. The van der Waals surface area contributed by atoms with Crippen LogP contribution in [0.3, 0.4) is 0 Å². The second-order valence-corrected chi connectivity index (χ2v) is 5.97. The Morgan fingerprint density at radius 3 is 2.33 bits per heavy atom. The summed E-state index contributed by atoms with van der Waals surface area (Å²) in [7, 11) is 1.65. The third-order valence-corrected chi connectivity index (χ3v) is 4.54. The number of nitrogens with zero attached hydrogens (tertiary/aromatic N) is 1. The van der Waals surface area contributed by atoms with Gasteiger partial charge in [0, 0.05) is 25.9 Å². The van der Waals surface area contributed by atoms with Crippen LogP contribution < -0.4 is 15.2 Å². The highest BCUT2D eigenvalue weighted by Gasteiger charge is 2.39. The number of benzene rings is 2. The number of piperidine rings is 1. The zero-order chi connectivity index (χ0) is 17.0. The number of amides is 2. The first kappa shape index (κ1) is 16.2. The lowest BCUT2D eigenvalue weighted by Crippen LogP contribution is -2.49. The Balaban J connectivity index is 1.93. The van der Waals surface area contributed by atoms with E-state index >= 15 is 0 Å². The highest BCUT2D eigenvalue weighted by atomic mass is 16.5. The molecule has 1 fully saturated rings. The molecule has 0 saturated carbocycles. The molecule has 5 heteroatoms. The molecular formula is C19H22N2O3. The molecule has 1 saturated heterocycles. The Kier molecular flexibility index (Phi) is 4.60. The van der Waals surface area contributed by atoms with Gasteiger partial charge in [-0.2, -0.15) is 0 Å². The zero-order valence-corrected chi connectivity index (χ0v) is 13.8. The number of hydrogen-bond acceptors (Lipinski definition) is 3. The van der Waals surface area contributed by atoms with E-state index < -0.39 is 5.60 Å². The predicted molar refractivity (Wildman–Crippen MR) is 92.1 cm³/mol. The second-order valence-electron chi connectivity index (χ2n) is 5.97. The van der Waals surface area contributed by atoms with E-state index in [1.807, 2.05) is 54.6 Å². The Morgan fingerprint density at radius 1 is 1.04 bits per heavy atom. The fraction of sp³-hybridized carbons (Fsp3) is 0.316. The summed E-state index contributed by atoms with van der Waals surface area (Å²) >= 11 is 0. The predicted octanol–water partition coefficient (Wildman–Crippen LogP) is 3.14. The van der Waals surface area contributed by atoms with Gasteiger partial charge in [0.15, 0.2) is 0 Å². The minimum Gasteiger partial charge on any atom is -0.497 e. The van der Waals surface area contributed by atoms with Gasteiger partial charge in [0.1, 0.15) is 17.1 Å². The van der Waals surface area contributed by atoms with Crippen LogP contribution in [0.4, 0.5) is 4.79 Å². The Labute approximate surface area is 142 Å². The standard InChI is InChI=1S/C19H22N2O3/c1-23-17-9-5-6-15(14-17)19(24-16-7-3-2-4-8-16)10-12-21(13-11-19)18(20)22/h2-9,14H,10-13H2,1H3,(H2,20,22). The van der Waals surface area contributed by atoms with Gasteiger partial charge in [-0.15, -0.1) is 0 Å². The minimum atomic E-state index is -0.498. The molecule has 3 rings (SSSR count). The van der Waals surface area contributed by atoms with Gasteiger partial charge < -0.3 is 20.1 Å². The number of carbonyl (C=O) groups excluding carboxylic acids is 1. The van der Waals surface area contributed by atoms with E-state index in [1.165, 1.54) is 0 Å². The van der Waals surface area contributed by atoms with E-state index in [9.17, 15) is 4.79 Å². The van der Waals surface area contributed by atoms with Gasteiger partial charge in [0.25, 0.3) is 0 Å². The van der Waals surface area contributed by atoms with Crippen LogP contribution in [0.2, 0.25) is 0 Å². The topological polar surface area (TPSA) is 64.8 Å². The lowest BCUT2D eigenvalue weighted by molar-refractivity contribution is 0.00791. The average Bonchev–Trinajstić information content (AvgIpc) is 2.63. The zero-order valence-electron chi connectivity index (χ0n) is 13.8. The van der Waals surface area contributed by atoms with Crippen molar-refractivity contribution in [3.63, 3.8) is 0 Å². The van der Waals surface area contributed by atoms with Gasteiger partial charge in [0.2, 0.25) is 0 Å². The van der Waals surface area contributed by atoms with Crippen LogP contribution in [-0.2, 0) is 5.60 Å². The van der Waals surface area contributed by atoms with E-state index in [-0.39, 0.29) is 6.03 Å². The van der Waals surface area contributed by atoms with Crippen molar-refractivity contribution >= 4 is 6.03 Å². The number of hydrogen-bond donors (Lipinski definition) is 1. The molecule has 2 N–H and O–H groups in total. The van der Waals surface area contributed by atoms with Crippen molar-refractivity contribution in [2.75, 3.05) is 20.2 Å². The number of primary amides is 1. The molecule has 2 aromatic rings. The minimum absolute atomic E-state index is 0.381. The van der Waals surface area contributed by atoms with Crippen LogP contribution in [0.5, 0.6) is 11.5 Å². The summed E-state index contributed by atoms with van der Waals surface area (Å²) in [4.78, 5) is 13.1. The Morgan fingerprint density at radius 2 is 1.71 bits per heavy atom. The van der Waals surface area contributed by atoms with Crippen molar-refractivity contribution in [1.82, 2.24) is 4.90 Å². The van der Waals surface area contributed by atoms with Crippen LogP contribution in [-0.4, -0.2) is 31.1 Å².